The SMILES string of the molecule is CC1=C(C)[Se]C(=C2Sc3ccc(C4=[N+]([O-])C(C)(C)C(C)(C)N4[O])cc3S2)[Se]1. The van der Waals surface area contributed by atoms with E-state index in [2.05, 4.69) is 19.9 Å². The third-order valence-corrected chi connectivity index (χ3v) is 16.0. The van der Waals surface area contributed by atoms with Crippen molar-refractivity contribution in [1.29, 1.82) is 0 Å². The molecule has 143 valence electrons. The Balaban J connectivity index is 1.69. The van der Waals surface area contributed by atoms with Crippen molar-refractivity contribution in [3.63, 3.8) is 0 Å². The molecule has 1 aromatic carbocycles. The fourth-order valence-corrected chi connectivity index (χ4v) is 13.4. The number of allylic oxidation sites excluding steroid dienone is 2. The third kappa shape index (κ3) is 2.96. The summed E-state index contributed by atoms with van der Waals surface area (Å²) in [5.74, 6) is 0.224. The quantitative estimate of drug-likeness (QED) is 0.310. The van der Waals surface area contributed by atoms with Gasteiger partial charge in [0.2, 0.25) is 0 Å². The Bertz CT molecular complexity index is 935. The summed E-state index contributed by atoms with van der Waals surface area (Å²) in [6.45, 7) is 11.8. The first kappa shape index (κ1) is 20.0. The van der Waals surface area contributed by atoms with Crippen LogP contribution >= 0.6 is 23.5 Å². The number of nitrogens with zero attached hydrogens (tertiary/aromatic N) is 2. The molecule has 0 saturated carbocycles. The van der Waals surface area contributed by atoms with Gasteiger partial charge in [-0.15, -0.1) is 0 Å². The van der Waals surface area contributed by atoms with Gasteiger partial charge in [-0.1, -0.05) is 0 Å². The van der Waals surface area contributed by atoms with Crippen LogP contribution in [0.15, 0.2) is 44.5 Å². The standard InChI is InChI=1S/C19H21N2O2S2Se2/c1-10-11(2)27-17(26-10)16-24-13-8-7-12(9-14(13)25-16)15-20(22)18(3,4)19(5,6)21(15)23/h7-9H,1-6H3. The molecule has 27 heavy (non-hydrogen) atoms. The number of hydrogen-bond donors (Lipinski definition) is 0. The molecule has 8 heteroatoms. The van der Waals surface area contributed by atoms with Crippen LogP contribution in [-0.4, -0.2) is 56.6 Å². The molecular weight excluding hydrogens is 510 g/mol. The van der Waals surface area contributed by atoms with E-state index in [1.807, 2.05) is 51.6 Å². The molecule has 0 aliphatic carbocycles. The molecule has 4 rings (SSSR count). The van der Waals surface area contributed by atoms with Crippen LogP contribution in [0.3, 0.4) is 0 Å². The maximum atomic E-state index is 12.9. The number of rotatable bonds is 1. The van der Waals surface area contributed by atoms with E-state index in [9.17, 15) is 10.4 Å². The van der Waals surface area contributed by atoms with Gasteiger partial charge >= 0.3 is 182 Å². The summed E-state index contributed by atoms with van der Waals surface area (Å²) in [4.78, 5) is 2.39. The maximum absolute atomic E-state index is 12.9. The molecule has 3 aliphatic heterocycles. The predicted molar refractivity (Wildman–Crippen MR) is 113 cm³/mol. The van der Waals surface area contributed by atoms with Crippen LogP contribution in [0.5, 0.6) is 0 Å². The van der Waals surface area contributed by atoms with Crippen LogP contribution < -0.4 is 0 Å². The van der Waals surface area contributed by atoms with Crippen LogP contribution in [0.25, 0.3) is 0 Å². The summed E-state index contributed by atoms with van der Waals surface area (Å²) in [5.41, 5.74) is -0.855. The molecular formula is C19H21N2O2S2Se2. The van der Waals surface area contributed by atoms with E-state index in [1.54, 1.807) is 24.1 Å². The molecule has 0 amide bonds. The normalized spacial score (nSPS) is 23.7. The molecule has 0 unspecified atom stereocenters. The van der Waals surface area contributed by atoms with Crippen LogP contribution in [0.4, 0.5) is 0 Å². The van der Waals surface area contributed by atoms with Gasteiger partial charge in [0.25, 0.3) is 0 Å². The van der Waals surface area contributed by atoms with Gasteiger partial charge in [-0.3, -0.25) is 0 Å². The van der Waals surface area contributed by atoms with Gasteiger partial charge in [0.15, 0.2) is 0 Å². The van der Waals surface area contributed by atoms with E-state index in [4.69, 9.17) is 0 Å². The van der Waals surface area contributed by atoms with Crippen LogP contribution in [-0.2, 0) is 5.21 Å². The molecule has 0 aromatic heterocycles. The van der Waals surface area contributed by atoms with Crippen LogP contribution in [0.1, 0.15) is 47.1 Å². The Morgan fingerprint density at radius 1 is 1.04 bits per heavy atom. The molecule has 1 aromatic rings. The molecule has 0 saturated heterocycles. The summed E-state index contributed by atoms with van der Waals surface area (Å²) in [6.07, 6.45) is 0. The molecule has 0 N–H and O–H groups in total. The average molecular weight is 531 g/mol. The van der Waals surface area contributed by atoms with Crippen molar-refractivity contribution in [1.82, 2.24) is 5.06 Å². The van der Waals surface area contributed by atoms with Gasteiger partial charge in [0.1, 0.15) is 0 Å². The summed E-state index contributed by atoms with van der Waals surface area (Å²) < 4.78 is 7.06. The van der Waals surface area contributed by atoms with Crippen LogP contribution in [0.2, 0.25) is 0 Å². The van der Waals surface area contributed by atoms with Gasteiger partial charge in [0.05, 0.1) is 0 Å². The minimum absolute atomic E-state index is 0.224. The first-order chi connectivity index (χ1) is 12.5. The first-order valence-corrected chi connectivity index (χ1v) is 13.7. The molecule has 3 heterocycles. The monoisotopic (exact) mass is 533 g/mol. The number of hydroxylamine groups is 3. The molecule has 3 aliphatic rings. The molecule has 1 radical (unpaired) electrons. The number of fused-ring (bicyclic) bond motifs is 1. The molecule has 0 atom stereocenters. The van der Waals surface area contributed by atoms with Gasteiger partial charge < -0.3 is 0 Å². The first-order valence-electron chi connectivity index (χ1n) is 8.63. The zero-order valence-electron chi connectivity index (χ0n) is 16.1. The van der Waals surface area contributed by atoms with E-state index >= 15 is 0 Å². The Hall–Kier alpha value is -0.331. The Labute approximate surface area is 181 Å². The average Bonchev–Trinajstić information content (AvgIpc) is 3.20. The molecule has 4 nitrogen and oxygen atoms in total. The van der Waals surface area contributed by atoms with E-state index in [-0.39, 0.29) is 5.84 Å². The molecule has 0 fully saturated rings. The summed E-state index contributed by atoms with van der Waals surface area (Å²) in [5, 5.41) is 26.7. The zero-order valence-corrected chi connectivity index (χ0v) is 21.1. The van der Waals surface area contributed by atoms with Crippen molar-refractivity contribution < 1.29 is 9.95 Å². The minimum atomic E-state index is -0.784. The van der Waals surface area contributed by atoms with E-state index in [1.165, 1.54) is 9.13 Å². The topological polar surface area (TPSA) is 49.2 Å². The van der Waals surface area contributed by atoms with Crippen molar-refractivity contribution in [2.45, 2.75) is 62.4 Å². The van der Waals surface area contributed by atoms with Crippen molar-refractivity contribution in [3.05, 3.63) is 45.5 Å². The number of amidine groups is 1. The van der Waals surface area contributed by atoms with E-state index in [0.717, 1.165) is 14.7 Å². The Kier molecular flexibility index (Phi) is 4.88. The van der Waals surface area contributed by atoms with Crippen LogP contribution in [0, 0.1) is 5.21 Å². The zero-order chi connectivity index (χ0) is 19.7. The number of thioether (sulfide) groups is 2. The number of hydrogen-bond acceptors (Lipinski definition) is 4. The second-order valence-corrected chi connectivity index (χ2v) is 16.6. The van der Waals surface area contributed by atoms with Gasteiger partial charge in [-0.25, -0.2) is 0 Å². The van der Waals surface area contributed by atoms with Crippen molar-refractivity contribution >= 4 is 59.3 Å². The van der Waals surface area contributed by atoms with Gasteiger partial charge in [-0.05, 0) is 0 Å². The Morgan fingerprint density at radius 2 is 1.63 bits per heavy atom. The van der Waals surface area contributed by atoms with E-state index < -0.39 is 11.1 Å². The second kappa shape index (κ2) is 6.59. The fraction of sp³-hybridized carbons (Fsp3) is 0.421. The summed E-state index contributed by atoms with van der Waals surface area (Å²) >= 11 is 4.61. The van der Waals surface area contributed by atoms with Crippen molar-refractivity contribution in [2.24, 2.45) is 0 Å². The van der Waals surface area contributed by atoms with Crippen molar-refractivity contribution in [2.75, 3.05) is 0 Å². The van der Waals surface area contributed by atoms with Gasteiger partial charge in [0, 0.05) is 0 Å². The second-order valence-electron chi connectivity index (χ2n) is 7.79. The van der Waals surface area contributed by atoms with Gasteiger partial charge in [-0.2, -0.15) is 0 Å². The van der Waals surface area contributed by atoms with Crippen molar-refractivity contribution in [3.8, 4) is 0 Å². The number of benzene rings is 1. The molecule has 0 bridgehead atoms. The molecule has 0 spiro atoms. The fourth-order valence-electron chi connectivity index (χ4n) is 2.98. The summed E-state index contributed by atoms with van der Waals surface area (Å²) in [7, 11) is 0. The summed E-state index contributed by atoms with van der Waals surface area (Å²) in [6, 6.07) is 6.00. The van der Waals surface area contributed by atoms with E-state index in [0.29, 0.717) is 35.5 Å². The Morgan fingerprint density at radius 3 is 2.19 bits per heavy atom. The predicted octanol–water partition coefficient (Wildman–Crippen LogP) is 4.16. The third-order valence-electron chi connectivity index (χ3n) is 5.66.